The van der Waals surface area contributed by atoms with Crippen LogP contribution in [0.25, 0.3) is 0 Å². The number of aliphatic hydroxyl groups excluding tert-OH is 1. The Morgan fingerprint density at radius 1 is 1.33 bits per heavy atom. The highest BCUT2D eigenvalue weighted by Gasteiger charge is 2.23. The molecule has 120 valence electrons. The Bertz CT molecular complexity index is 388. The fourth-order valence-corrected chi connectivity index (χ4v) is 2.89. The van der Waals surface area contributed by atoms with Crippen molar-refractivity contribution in [2.75, 3.05) is 26.2 Å². The average Bonchev–Trinajstić information content (AvgIpc) is 2.88. The second-order valence-electron chi connectivity index (χ2n) is 6.17. The molecular formula is C15H28N4O2. The first-order valence-corrected chi connectivity index (χ1v) is 7.79. The van der Waals surface area contributed by atoms with E-state index in [2.05, 4.69) is 36.1 Å². The van der Waals surface area contributed by atoms with E-state index in [1.807, 2.05) is 16.9 Å². The molecule has 0 spiro atoms. The molecule has 0 radical (unpaired) electrons. The van der Waals surface area contributed by atoms with Gasteiger partial charge in [0.2, 0.25) is 0 Å². The number of aromatic nitrogens is 2. The molecule has 6 heteroatoms. The van der Waals surface area contributed by atoms with Crippen LogP contribution in [0.1, 0.15) is 20.8 Å². The van der Waals surface area contributed by atoms with Gasteiger partial charge in [-0.1, -0.05) is 0 Å². The molecule has 2 N–H and O–H groups in total. The predicted octanol–water partition coefficient (Wildman–Crippen LogP) is 0.331. The molecule has 1 aromatic heterocycles. The van der Waals surface area contributed by atoms with Crippen molar-refractivity contribution < 1.29 is 9.84 Å². The Balaban J connectivity index is 1.65. The van der Waals surface area contributed by atoms with Crippen molar-refractivity contribution in [2.45, 2.75) is 51.7 Å². The van der Waals surface area contributed by atoms with E-state index in [1.165, 1.54) is 0 Å². The van der Waals surface area contributed by atoms with Gasteiger partial charge in [0.15, 0.2) is 0 Å². The maximum absolute atomic E-state index is 10.2. The number of aliphatic hydroxyl groups is 1. The quantitative estimate of drug-likeness (QED) is 0.759. The summed E-state index contributed by atoms with van der Waals surface area (Å²) < 4.78 is 7.60. The van der Waals surface area contributed by atoms with E-state index >= 15 is 0 Å². The van der Waals surface area contributed by atoms with E-state index in [0.717, 1.165) is 19.6 Å². The Kier molecular flexibility index (Phi) is 6.17. The first-order chi connectivity index (χ1) is 10.0. The number of hydrogen-bond acceptors (Lipinski definition) is 5. The lowest BCUT2D eigenvalue weighted by Gasteiger charge is -2.36. The van der Waals surface area contributed by atoms with Gasteiger partial charge in [-0.05, 0) is 26.8 Å². The molecular weight excluding hydrogens is 268 g/mol. The number of nitrogens with one attached hydrogen (secondary N) is 1. The fourth-order valence-electron chi connectivity index (χ4n) is 2.89. The molecule has 1 saturated heterocycles. The first kappa shape index (κ1) is 16.4. The van der Waals surface area contributed by atoms with Gasteiger partial charge in [0.25, 0.3) is 0 Å². The minimum absolute atomic E-state index is 0.243. The van der Waals surface area contributed by atoms with Gasteiger partial charge in [-0.3, -0.25) is 9.58 Å². The van der Waals surface area contributed by atoms with Gasteiger partial charge in [0, 0.05) is 44.6 Å². The summed E-state index contributed by atoms with van der Waals surface area (Å²) in [5.41, 5.74) is 0. The van der Waals surface area contributed by atoms with Crippen LogP contribution >= 0.6 is 0 Å². The normalized spacial score (nSPS) is 26.7. The molecule has 1 aliphatic heterocycles. The van der Waals surface area contributed by atoms with Crippen molar-refractivity contribution in [1.29, 1.82) is 0 Å². The van der Waals surface area contributed by atoms with Gasteiger partial charge < -0.3 is 15.2 Å². The third-order valence-electron chi connectivity index (χ3n) is 3.69. The highest BCUT2D eigenvalue weighted by molar-refractivity contribution is 4.80. The molecule has 4 atom stereocenters. The van der Waals surface area contributed by atoms with Crippen molar-refractivity contribution in [3.63, 3.8) is 0 Å². The van der Waals surface area contributed by atoms with Crippen LogP contribution in [0.5, 0.6) is 0 Å². The van der Waals surface area contributed by atoms with Gasteiger partial charge >= 0.3 is 0 Å². The Morgan fingerprint density at radius 3 is 2.67 bits per heavy atom. The fraction of sp³-hybridized carbons (Fsp3) is 0.800. The van der Waals surface area contributed by atoms with Crippen LogP contribution < -0.4 is 5.32 Å². The molecule has 2 rings (SSSR count). The average molecular weight is 296 g/mol. The van der Waals surface area contributed by atoms with Crippen LogP contribution in [0, 0.1) is 0 Å². The maximum Gasteiger partial charge on any atom is 0.0791 e. The summed E-state index contributed by atoms with van der Waals surface area (Å²) in [6, 6.07) is 2.20. The van der Waals surface area contributed by atoms with Crippen molar-refractivity contribution in [3.8, 4) is 0 Å². The van der Waals surface area contributed by atoms with Crippen LogP contribution in [-0.2, 0) is 11.3 Å². The van der Waals surface area contributed by atoms with E-state index < -0.39 is 0 Å². The summed E-state index contributed by atoms with van der Waals surface area (Å²) in [6.07, 6.45) is 3.86. The monoisotopic (exact) mass is 296 g/mol. The van der Waals surface area contributed by atoms with Crippen molar-refractivity contribution in [3.05, 3.63) is 18.5 Å². The lowest BCUT2D eigenvalue weighted by molar-refractivity contribution is -0.0763. The minimum Gasteiger partial charge on any atom is -0.390 e. The third kappa shape index (κ3) is 5.74. The van der Waals surface area contributed by atoms with Crippen molar-refractivity contribution in [1.82, 2.24) is 20.0 Å². The highest BCUT2D eigenvalue weighted by atomic mass is 16.5. The van der Waals surface area contributed by atoms with E-state index in [9.17, 15) is 5.11 Å². The zero-order chi connectivity index (χ0) is 15.2. The number of hydrogen-bond donors (Lipinski definition) is 2. The molecule has 0 amide bonds. The molecule has 0 aromatic carbocycles. The Labute approximate surface area is 127 Å². The molecule has 0 unspecified atom stereocenters. The first-order valence-electron chi connectivity index (χ1n) is 7.79. The number of rotatable bonds is 7. The van der Waals surface area contributed by atoms with Crippen LogP contribution in [-0.4, -0.2) is 70.3 Å². The van der Waals surface area contributed by atoms with Gasteiger partial charge in [-0.25, -0.2) is 0 Å². The number of β-amino-alcohol motifs (C(OH)–C–C–N with tert-alkyl or cyclic N) is 1. The molecule has 2 heterocycles. The standard InChI is InChI=1S/C15H28N4O2/c1-12(8-19-6-4-5-17-19)16-7-15(20)11-18-9-13(2)21-14(3)10-18/h4-6,12-16,20H,7-11H2,1-3H3/t12-,13-,14+,15-/m1/s1. The molecule has 0 bridgehead atoms. The lowest BCUT2D eigenvalue weighted by Crippen LogP contribution is -2.50. The number of ether oxygens (including phenoxy) is 1. The van der Waals surface area contributed by atoms with Gasteiger partial charge in [-0.15, -0.1) is 0 Å². The molecule has 1 aromatic rings. The van der Waals surface area contributed by atoms with Gasteiger partial charge in [0.1, 0.15) is 0 Å². The van der Waals surface area contributed by atoms with Crippen LogP contribution in [0.15, 0.2) is 18.5 Å². The summed E-state index contributed by atoms with van der Waals surface area (Å²) in [7, 11) is 0. The Morgan fingerprint density at radius 2 is 2.05 bits per heavy atom. The summed E-state index contributed by atoms with van der Waals surface area (Å²) in [6.45, 7) is 10.2. The third-order valence-corrected chi connectivity index (χ3v) is 3.69. The van der Waals surface area contributed by atoms with Gasteiger partial charge in [0.05, 0.1) is 24.9 Å². The van der Waals surface area contributed by atoms with Crippen LogP contribution in [0.4, 0.5) is 0 Å². The van der Waals surface area contributed by atoms with Crippen LogP contribution in [0.2, 0.25) is 0 Å². The zero-order valence-electron chi connectivity index (χ0n) is 13.3. The maximum atomic E-state index is 10.2. The van der Waals surface area contributed by atoms with E-state index in [1.54, 1.807) is 6.20 Å². The second kappa shape index (κ2) is 7.89. The summed E-state index contributed by atoms with van der Waals surface area (Å²) >= 11 is 0. The molecule has 0 aliphatic carbocycles. The Hall–Kier alpha value is -0.950. The summed E-state index contributed by atoms with van der Waals surface area (Å²) in [5, 5.41) is 17.7. The van der Waals surface area contributed by atoms with Gasteiger partial charge in [-0.2, -0.15) is 5.10 Å². The van der Waals surface area contributed by atoms with E-state index in [-0.39, 0.29) is 24.4 Å². The molecule has 1 aliphatic rings. The predicted molar refractivity (Wildman–Crippen MR) is 82.1 cm³/mol. The summed E-state index contributed by atoms with van der Waals surface area (Å²) in [4.78, 5) is 2.28. The largest absolute Gasteiger partial charge is 0.390 e. The summed E-state index contributed by atoms with van der Waals surface area (Å²) in [5.74, 6) is 0. The SMILES string of the molecule is C[C@H](Cn1cccn1)NC[C@@H](O)CN1C[C@@H](C)O[C@@H](C)C1. The number of nitrogens with zero attached hydrogens (tertiary/aromatic N) is 3. The lowest BCUT2D eigenvalue weighted by atomic mass is 10.2. The molecule has 1 fully saturated rings. The number of morpholine rings is 1. The van der Waals surface area contributed by atoms with Crippen molar-refractivity contribution >= 4 is 0 Å². The highest BCUT2D eigenvalue weighted by Crippen LogP contribution is 2.10. The topological polar surface area (TPSA) is 62.5 Å². The van der Waals surface area contributed by atoms with Crippen LogP contribution in [0.3, 0.4) is 0 Å². The van der Waals surface area contributed by atoms with E-state index in [0.29, 0.717) is 13.1 Å². The second-order valence-corrected chi connectivity index (χ2v) is 6.17. The molecule has 21 heavy (non-hydrogen) atoms. The zero-order valence-corrected chi connectivity index (χ0v) is 13.3. The van der Waals surface area contributed by atoms with E-state index in [4.69, 9.17) is 4.74 Å². The minimum atomic E-state index is -0.359. The smallest absolute Gasteiger partial charge is 0.0791 e. The van der Waals surface area contributed by atoms with Crippen molar-refractivity contribution in [2.24, 2.45) is 0 Å². The molecule has 6 nitrogen and oxygen atoms in total. The molecule has 0 saturated carbocycles.